The molecule has 2 rings (SSSR count). The van der Waals surface area contributed by atoms with Crippen LogP contribution in [0.5, 0.6) is 0 Å². The first kappa shape index (κ1) is 19.6. The number of aromatic nitrogens is 4. The number of anilines is 1. The SMILES string of the molecule is CCNC(=NCc1csc(N(C)C)n1)NCc1ncnn1C.I. The Morgan fingerprint density at radius 3 is 2.74 bits per heavy atom. The van der Waals surface area contributed by atoms with Crippen LogP contribution in [0, 0.1) is 0 Å². The Morgan fingerprint density at radius 1 is 1.39 bits per heavy atom. The monoisotopic (exact) mass is 450 g/mol. The highest BCUT2D eigenvalue weighted by Crippen LogP contribution is 2.18. The molecule has 0 amide bonds. The van der Waals surface area contributed by atoms with Crippen molar-refractivity contribution in [2.75, 3.05) is 25.5 Å². The highest BCUT2D eigenvalue weighted by Gasteiger charge is 2.05. The Morgan fingerprint density at radius 2 is 2.17 bits per heavy atom. The predicted molar refractivity (Wildman–Crippen MR) is 105 cm³/mol. The van der Waals surface area contributed by atoms with E-state index >= 15 is 0 Å². The molecule has 10 heteroatoms. The number of nitrogens with zero attached hydrogens (tertiary/aromatic N) is 6. The van der Waals surface area contributed by atoms with Crippen LogP contribution >= 0.6 is 35.3 Å². The molecule has 8 nitrogen and oxygen atoms in total. The van der Waals surface area contributed by atoms with Gasteiger partial charge in [0, 0.05) is 33.1 Å². The van der Waals surface area contributed by atoms with Crippen LogP contribution < -0.4 is 15.5 Å². The fourth-order valence-electron chi connectivity index (χ4n) is 1.72. The predicted octanol–water partition coefficient (Wildman–Crippen LogP) is 1.21. The average molecular weight is 450 g/mol. The molecule has 0 radical (unpaired) electrons. The number of rotatable bonds is 6. The van der Waals surface area contributed by atoms with Crippen LogP contribution in [-0.2, 0) is 20.1 Å². The summed E-state index contributed by atoms with van der Waals surface area (Å²) in [5.41, 5.74) is 0.963. The lowest BCUT2D eigenvalue weighted by atomic mass is 10.5. The molecule has 128 valence electrons. The van der Waals surface area contributed by atoms with Crippen molar-refractivity contribution in [1.29, 1.82) is 0 Å². The minimum atomic E-state index is 0. The number of guanidine groups is 1. The van der Waals surface area contributed by atoms with Crippen molar-refractivity contribution < 1.29 is 0 Å². The fourth-order valence-corrected chi connectivity index (χ4v) is 2.47. The van der Waals surface area contributed by atoms with Crippen molar-refractivity contribution in [1.82, 2.24) is 30.4 Å². The van der Waals surface area contributed by atoms with Gasteiger partial charge in [0.05, 0.1) is 18.8 Å². The van der Waals surface area contributed by atoms with Gasteiger partial charge in [-0.1, -0.05) is 0 Å². The standard InChI is InChI=1S/C13H22N8S.HI/c1-5-14-12(16-7-11-17-9-18-21(11)4)15-6-10-8-22-13(19-10)20(2)3;/h8-9H,5-7H2,1-4H3,(H2,14,15,16);1H. The summed E-state index contributed by atoms with van der Waals surface area (Å²) < 4.78 is 1.74. The summed E-state index contributed by atoms with van der Waals surface area (Å²) in [7, 11) is 5.84. The number of hydrogen-bond donors (Lipinski definition) is 2. The van der Waals surface area contributed by atoms with Crippen molar-refractivity contribution in [3.63, 3.8) is 0 Å². The van der Waals surface area contributed by atoms with E-state index in [1.54, 1.807) is 22.3 Å². The molecule has 0 saturated heterocycles. The highest BCUT2D eigenvalue weighted by atomic mass is 127. The highest BCUT2D eigenvalue weighted by molar-refractivity contribution is 14.0. The van der Waals surface area contributed by atoms with Gasteiger partial charge >= 0.3 is 0 Å². The van der Waals surface area contributed by atoms with Crippen molar-refractivity contribution in [3.8, 4) is 0 Å². The van der Waals surface area contributed by atoms with Crippen LogP contribution in [0.3, 0.4) is 0 Å². The number of halogens is 1. The second kappa shape index (κ2) is 9.65. The third-order valence-corrected chi connectivity index (χ3v) is 3.94. The summed E-state index contributed by atoms with van der Waals surface area (Å²) in [6, 6.07) is 0. The van der Waals surface area contributed by atoms with E-state index in [9.17, 15) is 0 Å². The first-order valence-electron chi connectivity index (χ1n) is 7.07. The minimum absolute atomic E-state index is 0. The van der Waals surface area contributed by atoms with Gasteiger partial charge in [-0.05, 0) is 6.92 Å². The zero-order chi connectivity index (χ0) is 15.9. The molecule has 0 bridgehead atoms. The number of thiazole rings is 1. The molecule has 2 aromatic rings. The maximum Gasteiger partial charge on any atom is 0.192 e. The second-order valence-electron chi connectivity index (χ2n) is 4.86. The van der Waals surface area contributed by atoms with Crippen LogP contribution in [-0.4, -0.2) is 46.3 Å². The Labute approximate surface area is 157 Å². The van der Waals surface area contributed by atoms with Crippen LogP contribution in [0.15, 0.2) is 16.7 Å². The van der Waals surface area contributed by atoms with E-state index in [1.165, 1.54) is 0 Å². The topological polar surface area (TPSA) is 83.3 Å². The van der Waals surface area contributed by atoms with Crippen LogP contribution in [0.25, 0.3) is 0 Å². The quantitative estimate of drug-likeness (QED) is 0.391. The maximum absolute atomic E-state index is 4.55. The molecule has 2 N–H and O–H groups in total. The lowest BCUT2D eigenvalue weighted by molar-refractivity contribution is 0.673. The lowest BCUT2D eigenvalue weighted by Crippen LogP contribution is -2.37. The Bertz CT molecular complexity index is 621. The molecule has 2 aromatic heterocycles. The van der Waals surface area contributed by atoms with E-state index in [0.29, 0.717) is 13.1 Å². The van der Waals surface area contributed by atoms with E-state index in [4.69, 9.17) is 0 Å². The summed E-state index contributed by atoms with van der Waals surface area (Å²) in [5.74, 6) is 1.60. The second-order valence-corrected chi connectivity index (χ2v) is 5.70. The Hall–Kier alpha value is -1.43. The van der Waals surface area contributed by atoms with Gasteiger partial charge in [0.2, 0.25) is 0 Å². The number of aryl methyl sites for hydroxylation is 1. The van der Waals surface area contributed by atoms with Gasteiger partial charge in [0.15, 0.2) is 11.1 Å². The van der Waals surface area contributed by atoms with Crippen LogP contribution in [0.4, 0.5) is 5.13 Å². The molecule has 0 aliphatic rings. The summed E-state index contributed by atoms with van der Waals surface area (Å²) in [5, 5.41) is 13.5. The molecule has 2 heterocycles. The fraction of sp³-hybridized carbons (Fsp3) is 0.538. The Kier molecular flexibility index (Phi) is 8.23. The molecule has 0 aliphatic heterocycles. The van der Waals surface area contributed by atoms with E-state index in [0.717, 1.165) is 29.2 Å². The van der Waals surface area contributed by atoms with Gasteiger partial charge in [-0.2, -0.15) is 5.10 Å². The van der Waals surface area contributed by atoms with E-state index in [1.807, 2.05) is 38.3 Å². The van der Waals surface area contributed by atoms with Gasteiger partial charge in [-0.25, -0.2) is 15.0 Å². The normalized spacial score (nSPS) is 11.0. The molecular weight excluding hydrogens is 427 g/mol. The maximum atomic E-state index is 4.55. The van der Waals surface area contributed by atoms with Gasteiger partial charge in [0.25, 0.3) is 0 Å². The van der Waals surface area contributed by atoms with Crippen LogP contribution in [0.1, 0.15) is 18.4 Å². The third kappa shape index (κ3) is 5.94. The van der Waals surface area contributed by atoms with E-state index in [-0.39, 0.29) is 24.0 Å². The molecule has 0 spiro atoms. The van der Waals surface area contributed by atoms with Crippen molar-refractivity contribution in [2.45, 2.75) is 20.0 Å². The van der Waals surface area contributed by atoms with E-state index in [2.05, 4.69) is 30.7 Å². The molecule has 0 saturated carbocycles. The van der Waals surface area contributed by atoms with Crippen molar-refractivity contribution in [2.24, 2.45) is 12.0 Å². The smallest absolute Gasteiger partial charge is 0.192 e. The number of nitrogens with one attached hydrogen (secondary N) is 2. The van der Waals surface area contributed by atoms with Gasteiger partial charge in [0.1, 0.15) is 12.2 Å². The lowest BCUT2D eigenvalue weighted by Gasteiger charge is -2.10. The minimum Gasteiger partial charge on any atom is -0.357 e. The average Bonchev–Trinajstić information content (AvgIpc) is 3.11. The molecule has 0 unspecified atom stereocenters. The van der Waals surface area contributed by atoms with Crippen molar-refractivity contribution in [3.05, 3.63) is 23.2 Å². The summed E-state index contributed by atoms with van der Waals surface area (Å²) >= 11 is 1.62. The number of hydrogen-bond acceptors (Lipinski definition) is 6. The molecule has 23 heavy (non-hydrogen) atoms. The molecule has 0 aromatic carbocycles. The zero-order valence-electron chi connectivity index (χ0n) is 13.8. The molecule has 0 fully saturated rings. The third-order valence-electron chi connectivity index (χ3n) is 2.88. The van der Waals surface area contributed by atoms with Gasteiger partial charge in [-0.3, -0.25) is 4.68 Å². The summed E-state index contributed by atoms with van der Waals surface area (Å²) in [6.07, 6.45) is 1.54. The van der Waals surface area contributed by atoms with Gasteiger partial charge in [-0.15, -0.1) is 35.3 Å². The zero-order valence-corrected chi connectivity index (χ0v) is 16.9. The summed E-state index contributed by atoms with van der Waals surface area (Å²) in [6.45, 7) is 3.94. The first-order valence-corrected chi connectivity index (χ1v) is 7.95. The summed E-state index contributed by atoms with van der Waals surface area (Å²) in [4.78, 5) is 15.2. The Balaban J connectivity index is 0.00000264. The van der Waals surface area contributed by atoms with Gasteiger partial charge < -0.3 is 15.5 Å². The van der Waals surface area contributed by atoms with Crippen molar-refractivity contribution >= 4 is 46.4 Å². The van der Waals surface area contributed by atoms with E-state index < -0.39 is 0 Å². The molecular formula is C13H23IN8S. The number of aliphatic imine (C=N–C) groups is 1. The molecule has 0 aliphatic carbocycles. The van der Waals surface area contributed by atoms with Crippen LogP contribution in [0.2, 0.25) is 0 Å². The molecule has 0 atom stereocenters. The first-order chi connectivity index (χ1) is 10.6. The largest absolute Gasteiger partial charge is 0.357 e.